The van der Waals surface area contributed by atoms with Gasteiger partial charge in [0.1, 0.15) is 5.54 Å². The molecule has 1 unspecified atom stereocenters. The summed E-state index contributed by atoms with van der Waals surface area (Å²) in [5.41, 5.74) is 5.56. The SMILES string of the molecule is CNC(C)(Cn1nccc1C)C(N)=O. The van der Waals surface area contributed by atoms with Crippen LogP contribution in [0.1, 0.15) is 12.6 Å². The Morgan fingerprint density at radius 3 is 2.79 bits per heavy atom. The molecule has 1 atom stereocenters. The van der Waals surface area contributed by atoms with Gasteiger partial charge >= 0.3 is 0 Å². The summed E-state index contributed by atoms with van der Waals surface area (Å²) in [5, 5.41) is 7.01. The fourth-order valence-electron chi connectivity index (χ4n) is 1.14. The lowest BCUT2D eigenvalue weighted by Crippen LogP contribution is -2.54. The molecule has 0 bridgehead atoms. The van der Waals surface area contributed by atoms with Gasteiger partial charge in [-0.25, -0.2) is 0 Å². The Kier molecular flexibility index (Phi) is 2.90. The van der Waals surface area contributed by atoms with Gasteiger partial charge < -0.3 is 11.1 Å². The van der Waals surface area contributed by atoms with Gasteiger partial charge in [0.05, 0.1) is 6.54 Å². The summed E-state index contributed by atoms with van der Waals surface area (Å²) in [7, 11) is 1.71. The van der Waals surface area contributed by atoms with Gasteiger partial charge in [-0.05, 0) is 27.0 Å². The summed E-state index contributed by atoms with van der Waals surface area (Å²) in [6, 6.07) is 1.89. The van der Waals surface area contributed by atoms with Gasteiger partial charge in [0.15, 0.2) is 0 Å². The van der Waals surface area contributed by atoms with Crippen LogP contribution >= 0.6 is 0 Å². The summed E-state index contributed by atoms with van der Waals surface area (Å²) < 4.78 is 1.75. The minimum atomic E-state index is -0.753. The molecule has 0 saturated heterocycles. The standard InChI is InChI=1S/C9H16N4O/c1-7-4-5-12-13(7)6-9(2,11-3)8(10)14/h4-5,11H,6H2,1-3H3,(H2,10,14). The molecular weight excluding hydrogens is 180 g/mol. The van der Waals surface area contributed by atoms with Crippen LogP contribution in [-0.4, -0.2) is 28.3 Å². The molecule has 1 aromatic rings. The molecule has 0 fully saturated rings. The van der Waals surface area contributed by atoms with E-state index in [-0.39, 0.29) is 5.91 Å². The number of hydrogen-bond acceptors (Lipinski definition) is 3. The predicted octanol–water partition coefficient (Wildman–Crippen LogP) is -0.345. The number of carbonyl (C=O) groups is 1. The molecule has 0 spiro atoms. The van der Waals surface area contributed by atoms with Gasteiger partial charge in [0.2, 0.25) is 5.91 Å². The lowest BCUT2D eigenvalue weighted by molar-refractivity contribution is -0.124. The Morgan fingerprint density at radius 2 is 2.43 bits per heavy atom. The van der Waals surface area contributed by atoms with E-state index in [4.69, 9.17) is 5.73 Å². The number of primary amides is 1. The molecule has 0 aliphatic rings. The highest BCUT2D eigenvalue weighted by Crippen LogP contribution is 2.07. The number of amides is 1. The van der Waals surface area contributed by atoms with E-state index in [9.17, 15) is 4.79 Å². The van der Waals surface area contributed by atoms with Crippen LogP contribution in [0.15, 0.2) is 12.3 Å². The summed E-state index contributed by atoms with van der Waals surface area (Å²) >= 11 is 0. The first-order valence-electron chi connectivity index (χ1n) is 4.47. The van der Waals surface area contributed by atoms with Crippen LogP contribution in [0.2, 0.25) is 0 Å². The molecule has 1 aromatic heterocycles. The first kappa shape index (κ1) is 10.7. The van der Waals surface area contributed by atoms with Crippen molar-refractivity contribution in [3.63, 3.8) is 0 Å². The average molecular weight is 196 g/mol. The average Bonchev–Trinajstić information content (AvgIpc) is 2.51. The number of aryl methyl sites for hydroxylation is 1. The molecule has 14 heavy (non-hydrogen) atoms. The first-order chi connectivity index (χ1) is 6.49. The number of rotatable bonds is 4. The molecule has 5 heteroatoms. The molecule has 5 nitrogen and oxygen atoms in total. The summed E-state index contributed by atoms with van der Waals surface area (Å²) in [5.74, 6) is -0.380. The van der Waals surface area contributed by atoms with Gasteiger partial charge in [-0.15, -0.1) is 0 Å². The van der Waals surface area contributed by atoms with E-state index in [0.717, 1.165) is 5.69 Å². The van der Waals surface area contributed by atoms with Crippen molar-refractivity contribution in [2.24, 2.45) is 5.73 Å². The molecule has 1 rings (SSSR count). The lowest BCUT2D eigenvalue weighted by atomic mass is 10.0. The van der Waals surface area contributed by atoms with E-state index in [0.29, 0.717) is 6.54 Å². The quantitative estimate of drug-likeness (QED) is 0.691. The van der Waals surface area contributed by atoms with Gasteiger partial charge in [-0.2, -0.15) is 5.10 Å². The van der Waals surface area contributed by atoms with E-state index in [1.54, 1.807) is 24.9 Å². The summed E-state index contributed by atoms with van der Waals surface area (Å²) in [4.78, 5) is 11.2. The maximum atomic E-state index is 11.2. The minimum absolute atomic E-state index is 0.380. The maximum Gasteiger partial charge on any atom is 0.239 e. The van der Waals surface area contributed by atoms with E-state index in [1.807, 2.05) is 13.0 Å². The monoisotopic (exact) mass is 196 g/mol. The van der Waals surface area contributed by atoms with Crippen LogP contribution in [0.5, 0.6) is 0 Å². The maximum absolute atomic E-state index is 11.2. The molecule has 1 amide bonds. The van der Waals surface area contributed by atoms with Crippen molar-refractivity contribution in [3.8, 4) is 0 Å². The third kappa shape index (κ3) is 1.93. The van der Waals surface area contributed by atoms with Crippen molar-refractivity contribution in [1.29, 1.82) is 0 Å². The number of nitrogens with zero attached hydrogens (tertiary/aromatic N) is 2. The molecule has 0 aliphatic heterocycles. The highest BCUT2D eigenvalue weighted by Gasteiger charge is 2.30. The normalized spacial score (nSPS) is 15.1. The molecular formula is C9H16N4O. The highest BCUT2D eigenvalue weighted by molar-refractivity contribution is 5.84. The Bertz CT molecular complexity index is 333. The van der Waals surface area contributed by atoms with E-state index in [1.165, 1.54) is 0 Å². The molecule has 3 N–H and O–H groups in total. The fraction of sp³-hybridized carbons (Fsp3) is 0.556. The topological polar surface area (TPSA) is 72.9 Å². The number of aromatic nitrogens is 2. The van der Waals surface area contributed by atoms with Crippen molar-refractivity contribution < 1.29 is 4.79 Å². The zero-order valence-electron chi connectivity index (χ0n) is 8.74. The van der Waals surface area contributed by atoms with Crippen molar-refractivity contribution in [3.05, 3.63) is 18.0 Å². The van der Waals surface area contributed by atoms with Crippen molar-refractivity contribution in [2.45, 2.75) is 25.9 Å². The molecule has 0 aliphatic carbocycles. The van der Waals surface area contributed by atoms with Crippen LogP contribution in [-0.2, 0) is 11.3 Å². The van der Waals surface area contributed by atoms with Crippen molar-refractivity contribution in [1.82, 2.24) is 15.1 Å². The van der Waals surface area contributed by atoms with Crippen molar-refractivity contribution in [2.75, 3.05) is 7.05 Å². The first-order valence-corrected chi connectivity index (χ1v) is 4.47. The molecule has 0 aromatic carbocycles. The Labute approximate surface area is 83.3 Å². The summed E-state index contributed by atoms with van der Waals surface area (Å²) in [6.45, 7) is 4.14. The third-order valence-corrected chi connectivity index (χ3v) is 2.49. The number of carbonyl (C=O) groups excluding carboxylic acids is 1. The van der Waals surface area contributed by atoms with E-state index < -0.39 is 5.54 Å². The molecule has 0 radical (unpaired) electrons. The van der Waals surface area contributed by atoms with E-state index >= 15 is 0 Å². The molecule has 78 valence electrons. The second kappa shape index (κ2) is 3.79. The predicted molar refractivity (Wildman–Crippen MR) is 53.6 cm³/mol. The lowest BCUT2D eigenvalue weighted by Gasteiger charge is -2.25. The van der Waals surface area contributed by atoms with Gasteiger partial charge in [0.25, 0.3) is 0 Å². The fourth-order valence-corrected chi connectivity index (χ4v) is 1.14. The minimum Gasteiger partial charge on any atom is -0.368 e. The second-order valence-corrected chi connectivity index (χ2v) is 3.58. The zero-order chi connectivity index (χ0) is 10.8. The highest BCUT2D eigenvalue weighted by atomic mass is 16.1. The third-order valence-electron chi connectivity index (χ3n) is 2.49. The second-order valence-electron chi connectivity index (χ2n) is 3.58. The van der Waals surface area contributed by atoms with Gasteiger partial charge in [-0.3, -0.25) is 9.48 Å². The van der Waals surface area contributed by atoms with Crippen LogP contribution < -0.4 is 11.1 Å². The van der Waals surface area contributed by atoms with Gasteiger partial charge in [0, 0.05) is 11.9 Å². The molecule has 0 saturated carbocycles. The van der Waals surface area contributed by atoms with Crippen molar-refractivity contribution >= 4 is 5.91 Å². The van der Waals surface area contributed by atoms with E-state index in [2.05, 4.69) is 10.4 Å². The van der Waals surface area contributed by atoms with Crippen LogP contribution in [0.3, 0.4) is 0 Å². The number of nitrogens with two attached hydrogens (primary N) is 1. The van der Waals surface area contributed by atoms with Gasteiger partial charge in [-0.1, -0.05) is 0 Å². The number of likely N-dealkylation sites (N-methyl/N-ethyl adjacent to an activating group) is 1. The Morgan fingerprint density at radius 1 is 1.79 bits per heavy atom. The number of nitrogens with one attached hydrogen (secondary N) is 1. The van der Waals surface area contributed by atoms with Crippen LogP contribution in [0.4, 0.5) is 0 Å². The largest absolute Gasteiger partial charge is 0.368 e. The zero-order valence-corrected chi connectivity index (χ0v) is 8.74. The molecule has 1 heterocycles. The van der Waals surface area contributed by atoms with Crippen LogP contribution in [0, 0.1) is 6.92 Å². The van der Waals surface area contributed by atoms with Crippen LogP contribution in [0.25, 0.3) is 0 Å². The Balaban J connectivity index is 2.86. The summed E-state index contributed by atoms with van der Waals surface area (Å²) in [6.07, 6.45) is 1.70. The smallest absolute Gasteiger partial charge is 0.239 e. The Hall–Kier alpha value is -1.36. The number of hydrogen-bond donors (Lipinski definition) is 2.